The van der Waals surface area contributed by atoms with Crippen LogP contribution in [-0.4, -0.2) is 37.6 Å². The van der Waals surface area contributed by atoms with E-state index < -0.39 is 0 Å². The van der Waals surface area contributed by atoms with Gasteiger partial charge in [0.1, 0.15) is 0 Å². The second-order valence-electron chi connectivity index (χ2n) is 5.01. The van der Waals surface area contributed by atoms with Gasteiger partial charge in [0.25, 0.3) is 0 Å². The summed E-state index contributed by atoms with van der Waals surface area (Å²) in [5.41, 5.74) is 1.83. The van der Waals surface area contributed by atoms with Crippen LogP contribution in [0.1, 0.15) is 16.4 Å². The zero-order valence-electron chi connectivity index (χ0n) is 12.6. The van der Waals surface area contributed by atoms with Crippen molar-refractivity contribution in [3.8, 4) is 5.69 Å². The van der Waals surface area contributed by atoms with Crippen molar-refractivity contribution < 1.29 is 4.79 Å². The molecule has 0 atom stereocenters. The minimum Gasteiger partial charge on any atom is -0.355 e. The highest BCUT2D eigenvalue weighted by Gasteiger charge is 2.06. The Morgan fingerprint density at radius 3 is 2.78 bits per heavy atom. The number of carbonyl (C=O) groups excluding carboxylic acids is 1. The summed E-state index contributed by atoms with van der Waals surface area (Å²) in [6, 6.07) is 7.64. The van der Waals surface area contributed by atoms with E-state index in [0.29, 0.717) is 13.0 Å². The fourth-order valence-corrected chi connectivity index (χ4v) is 2.78. The molecule has 8 heteroatoms. The normalized spacial score (nSPS) is 10.7. The standard InChI is InChI=1S/C15H16N6OS/c1-11-18-19-20-21(11)13-4-2-12(3-5-13)10-14(22)16-7-6-15-17-8-9-23-15/h2-5,8-9H,6-7,10H2,1H3,(H,16,22). The van der Waals surface area contributed by atoms with Crippen LogP contribution >= 0.6 is 11.3 Å². The summed E-state index contributed by atoms with van der Waals surface area (Å²) >= 11 is 1.60. The zero-order chi connectivity index (χ0) is 16.1. The summed E-state index contributed by atoms with van der Waals surface area (Å²) in [5.74, 6) is 0.727. The van der Waals surface area contributed by atoms with E-state index in [1.807, 2.05) is 36.6 Å². The topological polar surface area (TPSA) is 85.6 Å². The smallest absolute Gasteiger partial charge is 0.224 e. The highest BCUT2D eigenvalue weighted by molar-refractivity contribution is 7.09. The van der Waals surface area contributed by atoms with Gasteiger partial charge in [-0.15, -0.1) is 16.4 Å². The number of hydrogen-bond donors (Lipinski definition) is 1. The monoisotopic (exact) mass is 328 g/mol. The van der Waals surface area contributed by atoms with Crippen molar-refractivity contribution in [2.45, 2.75) is 19.8 Å². The Kier molecular flexibility index (Phi) is 4.72. The highest BCUT2D eigenvalue weighted by Crippen LogP contribution is 2.10. The molecule has 0 aliphatic carbocycles. The SMILES string of the molecule is Cc1nnnn1-c1ccc(CC(=O)NCCc2nccs2)cc1. The summed E-state index contributed by atoms with van der Waals surface area (Å²) in [6.07, 6.45) is 2.89. The predicted octanol–water partition coefficient (Wildman–Crippen LogP) is 1.33. The van der Waals surface area contributed by atoms with Crippen LogP contribution in [0.3, 0.4) is 0 Å². The first-order chi connectivity index (χ1) is 11.2. The van der Waals surface area contributed by atoms with Gasteiger partial charge in [-0.25, -0.2) is 4.98 Å². The minimum atomic E-state index is 0.00732. The fraction of sp³-hybridized carbons (Fsp3) is 0.267. The molecular weight excluding hydrogens is 312 g/mol. The van der Waals surface area contributed by atoms with E-state index in [1.165, 1.54) is 0 Å². The summed E-state index contributed by atoms with van der Waals surface area (Å²) in [5, 5.41) is 17.3. The van der Waals surface area contributed by atoms with Gasteiger partial charge in [0.15, 0.2) is 5.82 Å². The zero-order valence-corrected chi connectivity index (χ0v) is 13.5. The summed E-state index contributed by atoms with van der Waals surface area (Å²) in [6.45, 7) is 2.44. The molecule has 0 aliphatic rings. The lowest BCUT2D eigenvalue weighted by molar-refractivity contribution is -0.120. The van der Waals surface area contributed by atoms with Gasteiger partial charge >= 0.3 is 0 Å². The van der Waals surface area contributed by atoms with Crippen LogP contribution in [0.15, 0.2) is 35.8 Å². The quantitative estimate of drug-likeness (QED) is 0.738. The maximum Gasteiger partial charge on any atom is 0.224 e. The van der Waals surface area contributed by atoms with Crippen molar-refractivity contribution >= 4 is 17.2 Å². The molecule has 1 N–H and O–H groups in total. The average molecular weight is 328 g/mol. The van der Waals surface area contributed by atoms with Gasteiger partial charge in [-0.1, -0.05) is 12.1 Å². The molecule has 1 amide bonds. The average Bonchev–Trinajstić information content (AvgIpc) is 3.20. The lowest BCUT2D eigenvalue weighted by Crippen LogP contribution is -2.27. The predicted molar refractivity (Wildman–Crippen MR) is 86.4 cm³/mol. The molecule has 0 aliphatic heterocycles. The van der Waals surface area contributed by atoms with E-state index in [2.05, 4.69) is 25.8 Å². The van der Waals surface area contributed by atoms with Gasteiger partial charge in [0, 0.05) is 24.5 Å². The molecule has 3 rings (SSSR count). The third-order valence-electron chi connectivity index (χ3n) is 3.32. The molecule has 118 valence electrons. The molecule has 0 bridgehead atoms. The molecule has 0 fully saturated rings. The number of thiazole rings is 1. The molecule has 2 aromatic heterocycles. The van der Waals surface area contributed by atoms with Crippen LogP contribution in [0.4, 0.5) is 0 Å². The first kappa shape index (κ1) is 15.3. The summed E-state index contributed by atoms with van der Waals surface area (Å²) < 4.78 is 1.65. The molecule has 0 saturated heterocycles. The van der Waals surface area contributed by atoms with E-state index in [4.69, 9.17) is 0 Å². The molecule has 0 unspecified atom stereocenters. The Morgan fingerprint density at radius 1 is 1.30 bits per heavy atom. The number of tetrazole rings is 1. The van der Waals surface area contributed by atoms with Crippen molar-refractivity contribution in [3.05, 3.63) is 52.2 Å². The van der Waals surface area contributed by atoms with Crippen LogP contribution in [0.5, 0.6) is 0 Å². The molecule has 1 aromatic carbocycles. The largest absolute Gasteiger partial charge is 0.355 e. The number of hydrogen-bond acceptors (Lipinski definition) is 6. The lowest BCUT2D eigenvalue weighted by Gasteiger charge is -2.06. The van der Waals surface area contributed by atoms with E-state index in [9.17, 15) is 4.79 Å². The number of nitrogens with zero attached hydrogens (tertiary/aromatic N) is 5. The number of carbonyl (C=O) groups is 1. The molecule has 3 aromatic rings. The van der Waals surface area contributed by atoms with Gasteiger partial charge in [0.2, 0.25) is 5.91 Å². The van der Waals surface area contributed by atoms with Crippen LogP contribution in [0, 0.1) is 6.92 Å². The first-order valence-corrected chi connectivity index (χ1v) is 8.10. The maximum absolute atomic E-state index is 11.9. The molecule has 0 saturated carbocycles. The minimum absolute atomic E-state index is 0.00732. The highest BCUT2D eigenvalue weighted by atomic mass is 32.1. The summed E-state index contributed by atoms with van der Waals surface area (Å²) in [4.78, 5) is 16.1. The van der Waals surface area contributed by atoms with Crippen molar-refractivity contribution in [3.63, 3.8) is 0 Å². The molecule has 7 nitrogen and oxygen atoms in total. The van der Waals surface area contributed by atoms with Crippen LogP contribution in [0.25, 0.3) is 5.69 Å². The van der Waals surface area contributed by atoms with Crippen molar-refractivity contribution in [1.82, 2.24) is 30.5 Å². The Balaban J connectivity index is 1.51. The maximum atomic E-state index is 11.9. The van der Waals surface area contributed by atoms with E-state index in [1.54, 1.807) is 22.2 Å². The van der Waals surface area contributed by atoms with Crippen LogP contribution in [-0.2, 0) is 17.6 Å². The fourth-order valence-electron chi connectivity index (χ4n) is 2.16. The van der Waals surface area contributed by atoms with E-state index in [-0.39, 0.29) is 5.91 Å². The van der Waals surface area contributed by atoms with Crippen LogP contribution in [0.2, 0.25) is 0 Å². The number of nitrogens with one attached hydrogen (secondary N) is 1. The van der Waals surface area contributed by atoms with Gasteiger partial charge in [-0.2, -0.15) is 4.68 Å². The van der Waals surface area contributed by atoms with Gasteiger partial charge in [-0.05, 0) is 35.0 Å². The van der Waals surface area contributed by atoms with Gasteiger partial charge in [-0.3, -0.25) is 4.79 Å². The second-order valence-corrected chi connectivity index (χ2v) is 5.99. The van der Waals surface area contributed by atoms with Gasteiger partial charge in [0.05, 0.1) is 17.1 Å². The number of rotatable bonds is 6. The number of aromatic nitrogens is 5. The molecule has 0 spiro atoms. The number of amides is 1. The van der Waals surface area contributed by atoms with Gasteiger partial charge < -0.3 is 5.32 Å². The summed E-state index contributed by atoms with van der Waals surface area (Å²) in [7, 11) is 0. The molecule has 0 radical (unpaired) electrons. The Hall–Kier alpha value is -2.61. The first-order valence-electron chi connectivity index (χ1n) is 7.22. The van der Waals surface area contributed by atoms with Crippen molar-refractivity contribution in [2.24, 2.45) is 0 Å². The number of benzene rings is 1. The third-order valence-corrected chi connectivity index (χ3v) is 4.15. The lowest BCUT2D eigenvalue weighted by atomic mass is 10.1. The third kappa shape index (κ3) is 3.98. The van der Waals surface area contributed by atoms with E-state index in [0.717, 1.165) is 28.5 Å². The van der Waals surface area contributed by atoms with Crippen molar-refractivity contribution in [2.75, 3.05) is 6.54 Å². The second kappa shape index (κ2) is 7.10. The molecule has 2 heterocycles. The Morgan fingerprint density at radius 2 is 2.13 bits per heavy atom. The van der Waals surface area contributed by atoms with Crippen LogP contribution < -0.4 is 5.32 Å². The van der Waals surface area contributed by atoms with E-state index >= 15 is 0 Å². The molecule has 23 heavy (non-hydrogen) atoms. The number of aryl methyl sites for hydroxylation is 1. The Bertz CT molecular complexity index is 766. The Labute approximate surface area is 137 Å². The van der Waals surface area contributed by atoms with Crippen molar-refractivity contribution in [1.29, 1.82) is 0 Å². The molecular formula is C15H16N6OS.